The number of aromatic nitrogens is 4. The third-order valence-electron chi connectivity index (χ3n) is 17.0. The molecule has 2 aromatic carbocycles. The fourth-order valence-electron chi connectivity index (χ4n) is 12.4. The first-order valence-electron chi connectivity index (χ1n) is 29.0. The first kappa shape index (κ1) is 56.6. The summed E-state index contributed by atoms with van der Waals surface area (Å²) in [5, 5.41) is 11.5. The van der Waals surface area contributed by atoms with Gasteiger partial charge in [0, 0.05) is 101 Å². The summed E-state index contributed by atoms with van der Waals surface area (Å²) in [6.07, 6.45) is 25.0. The topological polar surface area (TPSA) is 198 Å². The smallest absolute Gasteiger partial charge is 0.410 e. The van der Waals surface area contributed by atoms with Gasteiger partial charge in [0.2, 0.25) is 23.6 Å². The fourth-order valence-corrected chi connectivity index (χ4v) is 12.4. The molecule has 4 fully saturated rings. The number of carbonyl (C=O) groups is 5. The predicted molar refractivity (Wildman–Crippen MR) is 309 cm³/mol. The molecule has 6 aromatic rings. The van der Waals surface area contributed by atoms with Gasteiger partial charge in [-0.2, -0.15) is 0 Å². The van der Waals surface area contributed by atoms with Gasteiger partial charge in [-0.05, 0) is 140 Å². The second-order valence-corrected chi connectivity index (χ2v) is 23.4. The summed E-state index contributed by atoms with van der Waals surface area (Å²) < 4.78 is 5.47. The van der Waals surface area contributed by atoms with E-state index in [2.05, 4.69) is 72.3 Å². The molecule has 10 rings (SSSR count). The van der Waals surface area contributed by atoms with E-state index in [0.717, 1.165) is 139 Å². The molecular formula is C63H82N10O6. The number of amides is 5. The molecule has 420 valence electrons. The lowest BCUT2D eigenvalue weighted by molar-refractivity contribution is -0.140. The van der Waals surface area contributed by atoms with Crippen molar-refractivity contribution in [3.63, 3.8) is 0 Å². The zero-order valence-electron chi connectivity index (χ0n) is 47.4. The third-order valence-corrected chi connectivity index (χ3v) is 17.0. The number of rotatable bonds is 14. The number of para-hydroxylation sites is 2. The Balaban J connectivity index is 0.000000195. The molecule has 2 aliphatic carbocycles. The van der Waals surface area contributed by atoms with E-state index in [9.17, 15) is 24.0 Å². The van der Waals surface area contributed by atoms with Crippen molar-refractivity contribution >= 4 is 51.5 Å². The van der Waals surface area contributed by atoms with E-state index >= 15 is 0 Å². The lowest BCUT2D eigenvalue weighted by Gasteiger charge is -2.36. The number of nitrogens with one attached hydrogen (secondary N) is 5. The molecule has 0 radical (unpaired) electrons. The van der Waals surface area contributed by atoms with Crippen LogP contribution in [0.4, 0.5) is 4.79 Å². The first-order valence-corrected chi connectivity index (χ1v) is 29.0. The molecule has 16 heteroatoms. The fraction of sp³-hybridized carbons (Fsp3) is 0.508. The van der Waals surface area contributed by atoms with Crippen LogP contribution < -0.4 is 16.0 Å². The highest BCUT2D eigenvalue weighted by atomic mass is 16.6. The zero-order valence-corrected chi connectivity index (χ0v) is 47.4. The normalized spacial score (nSPS) is 19.7. The Morgan fingerprint density at radius 3 is 1.51 bits per heavy atom. The molecule has 0 spiro atoms. The Labute approximate surface area is 465 Å². The molecule has 4 aliphatic rings. The molecule has 2 saturated carbocycles. The van der Waals surface area contributed by atoms with E-state index in [-0.39, 0.29) is 53.6 Å². The maximum Gasteiger partial charge on any atom is 0.410 e. The van der Waals surface area contributed by atoms with Crippen LogP contribution in [0.2, 0.25) is 0 Å². The lowest BCUT2D eigenvalue weighted by Crippen LogP contribution is -2.56. The van der Waals surface area contributed by atoms with E-state index < -0.39 is 29.8 Å². The molecule has 0 bridgehead atoms. The highest BCUT2D eigenvalue weighted by Crippen LogP contribution is 2.39. The van der Waals surface area contributed by atoms with Crippen LogP contribution in [-0.4, -0.2) is 121 Å². The molecule has 6 atom stereocenters. The highest BCUT2D eigenvalue weighted by Gasteiger charge is 2.42. The van der Waals surface area contributed by atoms with Crippen LogP contribution in [-0.2, 0) is 23.9 Å². The maximum atomic E-state index is 14.3. The monoisotopic (exact) mass is 1070 g/mol. The van der Waals surface area contributed by atoms with Gasteiger partial charge in [0.15, 0.2) is 0 Å². The van der Waals surface area contributed by atoms with E-state index in [1.807, 2.05) is 78.2 Å². The minimum absolute atomic E-state index is 0.0279. The predicted octanol–water partition coefficient (Wildman–Crippen LogP) is 10.8. The summed E-state index contributed by atoms with van der Waals surface area (Å²) in [4.78, 5) is 88.5. The minimum atomic E-state index is -0.792. The Kier molecular flexibility index (Phi) is 18.2. The van der Waals surface area contributed by atoms with Gasteiger partial charge in [0.05, 0.1) is 18.1 Å². The number of hydrogen-bond acceptors (Lipinski definition) is 9. The minimum Gasteiger partial charge on any atom is -0.444 e. The largest absolute Gasteiger partial charge is 0.444 e. The van der Waals surface area contributed by atoms with Gasteiger partial charge < -0.3 is 40.5 Å². The summed E-state index contributed by atoms with van der Waals surface area (Å²) in [6.45, 7) is 10.2. The van der Waals surface area contributed by atoms with Crippen LogP contribution in [0.15, 0.2) is 97.8 Å². The summed E-state index contributed by atoms with van der Waals surface area (Å²) >= 11 is 0. The molecule has 6 heterocycles. The lowest BCUT2D eigenvalue weighted by atomic mass is 9.83. The van der Waals surface area contributed by atoms with Crippen LogP contribution in [0.1, 0.15) is 148 Å². The zero-order chi connectivity index (χ0) is 55.8. The average molecular weight is 1080 g/mol. The van der Waals surface area contributed by atoms with Gasteiger partial charge >= 0.3 is 6.09 Å². The Morgan fingerprint density at radius 2 is 1.06 bits per heavy atom. The Bertz CT molecular complexity index is 3080. The quantitative estimate of drug-likeness (QED) is 0.0705. The van der Waals surface area contributed by atoms with Gasteiger partial charge in [-0.25, -0.2) is 4.79 Å². The number of hydrogen-bond donors (Lipinski definition) is 5. The van der Waals surface area contributed by atoms with Gasteiger partial charge in [0.1, 0.15) is 23.7 Å². The molecule has 79 heavy (non-hydrogen) atoms. The van der Waals surface area contributed by atoms with Crippen molar-refractivity contribution in [3.05, 3.63) is 109 Å². The first-order chi connectivity index (χ1) is 38.1. The molecule has 16 nitrogen and oxygen atoms in total. The number of carbonyl (C=O) groups excluding carboxylic acids is 5. The van der Waals surface area contributed by atoms with Crippen LogP contribution in [0, 0.1) is 11.8 Å². The molecule has 4 aromatic heterocycles. The number of aromatic amines is 2. The van der Waals surface area contributed by atoms with Crippen molar-refractivity contribution in [3.8, 4) is 22.3 Å². The van der Waals surface area contributed by atoms with Crippen molar-refractivity contribution < 1.29 is 28.7 Å². The van der Waals surface area contributed by atoms with Crippen molar-refractivity contribution in [2.45, 2.75) is 166 Å². The Morgan fingerprint density at radius 1 is 0.620 bits per heavy atom. The number of likely N-dealkylation sites (tertiary alicyclic amines) is 2. The van der Waals surface area contributed by atoms with Crippen molar-refractivity contribution in [2.24, 2.45) is 11.8 Å². The number of pyridine rings is 2. The summed E-state index contributed by atoms with van der Waals surface area (Å²) in [5.41, 5.74) is 7.79. The summed E-state index contributed by atoms with van der Waals surface area (Å²) in [7, 11) is 3.33. The molecule has 0 unspecified atom stereocenters. The summed E-state index contributed by atoms with van der Waals surface area (Å²) in [5.74, 6) is -0.209. The number of likely N-dealkylation sites (N-methyl/N-ethyl adjacent to an activating group) is 2. The van der Waals surface area contributed by atoms with Gasteiger partial charge in [-0.15, -0.1) is 0 Å². The molecule has 5 N–H and O–H groups in total. The van der Waals surface area contributed by atoms with Crippen molar-refractivity contribution in [1.29, 1.82) is 0 Å². The number of H-pyrrole nitrogens is 2. The molecule has 2 saturated heterocycles. The van der Waals surface area contributed by atoms with E-state index in [1.54, 1.807) is 41.8 Å². The second kappa shape index (κ2) is 25.4. The number of fused-ring (bicyclic) bond motifs is 2. The average Bonchev–Trinajstić information content (AvgIpc) is 4.36. The molecule has 2 aliphatic heterocycles. The summed E-state index contributed by atoms with van der Waals surface area (Å²) in [6, 6.07) is 18.4. The number of benzene rings is 2. The van der Waals surface area contributed by atoms with Crippen LogP contribution >= 0.6 is 0 Å². The maximum absolute atomic E-state index is 14.3. The number of ether oxygens (including phenoxy) is 1. The number of nitrogens with zero attached hydrogens (tertiary/aromatic N) is 5. The third kappa shape index (κ3) is 13.2. The highest BCUT2D eigenvalue weighted by molar-refractivity contribution is 5.97. The van der Waals surface area contributed by atoms with E-state index in [1.165, 1.54) is 11.3 Å². The van der Waals surface area contributed by atoms with Crippen molar-refractivity contribution in [1.82, 2.24) is 50.6 Å². The molecule has 5 amide bonds. The van der Waals surface area contributed by atoms with Crippen LogP contribution in [0.3, 0.4) is 0 Å². The van der Waals surface area contributed by atoms with Crippen LogP contribution in [0.25, 0.3) is 44.1 Å². The second-order valence-electron chi connectivity index (χ2n) is 23.4. The standard InChI is InChI=1S/C34H45N5O4.C29H37N5O2/c1-22(38(5)33(42)43-34(2,3)4)31(40)37-30(23-12-7-6-8-13-23)32(41)39-17-11-16-29(39)25-18-24(19-35-20-25)27-21-36-28-15-10-9-14-26(27)28;1-19(30-2)28(35)33-27(20-9-4-3-5-10-20)29(36)34-14-8-13-26(34)22-15-21(16-31-17-22)24-18-32-25-12-7-6-11-23(24)25/h9-10,14-15,18-23,29-30,36H,6-8,11-13,16-17H2,1-5H3,(H,37,40);6-7,11-12,15-20,26-27,30,32H,3-5,8-10,13-14H2,1-2H3,(H,33,35)/t22-,29-,30-;19-,26-,27-/m00/s1. The van der Waals surface area contributed by atoms with Gasteiger partial charge in [-0.3, -0.25) is 34.0 Å². The van der Waals surface area contributed by atoms with Crippen molar-refractivity contribution in [2.75, 3.05) is 27.2 Å². The van der Waals surface area contributed by atoms with E-state index in [4.69, 9.17) is 4.74 Å². The van der Waals surface area contributed by atoms with Gasteiger partial charge in [-0.1, -0.05) is 74.9 Å². The Hall–Kier alpha value is -7.07. The van der Waals surface area contributed by atoms with Crippen LogP contribution in [0.5, 0.6) is 0 Å². The van der Waals surface area contributed by atoms with Gasteiger partial charge in [0.25, 0.3) is 0 Å². The molecular weight excluding hydrogens is 993 g/mol. The van der Waals surface area contributed by atoms with E-state index in [0.29, 0.717) is 13.1 Å². The SMILES string of the molecule is CN[C@@H](C)C(=O)N[C@H](C(=O)N1CCC[C@H]1c1cncc(-c2c[nH]c3ccccc23)c1)C1CCCCC1.C[C@@H](C(=O)N[C@H](C(=O)N1CCC[C@H]1c1cncc(-c2c[nH]c3ccccc23)c1)C1CCCCC1)N(C)C(=O)OC(C)(C)C.